The lowest BCUT2D eigenvalue weighted by Crippen LogP contribution is -2.17. The Labute approximate surface area is 126 Å². The van der Waals surface area contributed by atoms with Crippen LogP contribution in [-0.2, 0) is 0 Å². The summed E-state index contributed by atoms with van der Waals surface area (Å²) >= 11 is 0. The van der Waals surface area contributed by atoms with E-state index >= 15 is 0 Å². The van der Waals surface area contributed by atoms with Crippen molar-refractivity contribution in [2.45, 2.75) is 6.36 Å². The fraction of sp³-hybridized carbons (Fsp3) is 0.0714. The maximum absolute atomic E-state index is 14.3. The molecule has 0 aliphatic rings. The van der Waals surface area contributed by atoms with E-state index in [1.54, 1.807) is 24.3 Å². The van der Waals surface area contributed by atoms with Crippen molar-refractivity contribution >= 4 is 11.0 Å². The second-order valence-electron chi connectivity index (χ2n) is 4.45. The summed E-state index contributed by atoms with van der Waals surface area (Å²) in [5.41, 5.74) is -0.162. The van der Waals surface area contributed by atoms with Gasteiger partial charge in [-0.15, -0.1) is 18.3 Å². The number of para-hydroxylation sites is 1. The van der Waals surface area contributed by atoms with Crippen LogP contribution < -0.4 is 4.74 Å². The Hall–Kier alpha value is -3.15. The van der Waals surface area contributed by atoms with E-state index in [1.807, 2.05) is 0 Å². The molecule has 116 valence electrons. The average molecular weight is 322 g/mol. The van der Waals surface area contributed by atoms with Crippen LogP contribution in [0.4, 0.5) is 17.6 Å². The Bertz CT molecular complexity index is 927. The van der Waals surface area contributed by atoms with Crippen molar-refractivity contribution in [3.8, 4) is 17.5 Å². The smallest absolute Gasteiger partial charge is 0.406 e. The van der Waals surface area contributed by atoms with Crippen LogP contribution in [0, 0.1) is 17.1 Å². The summed E-state index contributed by atoms with van der Waals surface area (Å²) < 4.78 is 56.2. The topological polar surface area (TPSA) is 63.7 Å². The first kappa shape index (κ1) is 14.8. The van der Waals surface area contributed by atoms with Gasteiger partial charge in [-0.2, -0.15) is 5.26 Å². The standard InChI is InChI=1S/C14H6F4N4O/c15-13-8(7-19)5-9(23-14(16,17)18)6-12(13)22-11-4-2-1-3-10(11)20-21-22/h1-6H. The minimum atomic E-state index is -4.97. The van der Waals surface area contributed by atoms with Crippen molar-refractivity contribution in [1.82, 2.24) is 15.0 Å². The fourth-order valence-corrected chi connectivity index (χ4v) is 2.06. The molecule has 9 heteroatoms. The van der Waals surface area contributed by atoms with E-state index in [0.29, 0.717) is 17.1 Å². The molecule has 0 saturated heterocycles. The predicted octanol–water partition coefficient (Wildman–Crippen LogP) is 3.33. The molecule has 5 nitrogen and oxygen atoms in total. The number of halogens is 4. The van der Waals surface area contributed by atoms with Gasteiger partial charge < -0.3 is 4.74 Å². The first-order valence-electron chi connectivity index (χ1n) is 6.19. The van der Waals surface area contributed by atoms with Crippen LogP contribution in [0.15, 0.2) is 36.4 Å². The van der Waals surface area contributed by atoms with Gasteiger partial charge in [-0.1, -0.05) is 17.3 Å². The zero-order valence-corrected chi connectivity index (χ0v) is 11.2. The number of rotatable bonds is 2. The SMILES string of the molecule is N#Cc1cc(OC(F)(F)F)cc(-n2nnc3ccccc32)c1F. The van der Waals surface area contributed by atoms with E-state index < -0.39 is 23.5 Å². The maximum Gasteiger partial charge on any atom is 0.573 e. The molecule has 0 saturated carbocycles. The molecule has 0 bridgehead atoms. The highest BCUT2D eigenvalue weighted by atomic mass is 19.4. The minimum absolute atomic E-state index is 0.364. The van der Waals surface area contributed by atoms with E-state index in [-0.39, 0.29) is 5.69 Å². The molecule has 0 aliphatic heterocycles. The predicted molar refractivity (Wildman–Crippen MR) is 70.2 cm³/mol. The summed E-state index contributed by atoms with van der Waals surface area (Å²) in [7, 11) is 0. The lowest BCUT2D eigenvalue weighted by molar-refractivity contribution is -0.274. The Kier molecular flexibility index (Phi) is 3.37. The minimum Gasteiger partial charge on any atom is -0.406 e. The quantitative estimate of drug-likeness (QED) is 0.679. The van der Waals surface area contributed by atoms with Gasteiger partial charge in [0, 0.05) is 12.1 Å². The summed E-state index contributed by atoms with van der Waals surface area (Å²) in [4.78, 5) is 0. The molecule has 0 aliphatic carbocycles. The molecule has 1 aromatic heterocycles. The van der Waals surface area contributed by atoms with Crippen molar-refractivity contribution in [3.63, 3.8) is 0 Å². The van der Waals surface area contributed by atoms with E-state index in [9.17, 15) is 17.6 Å². The number of nitrogens with zero attached hydrogens (tertiary/aromatic N) is 4. The van der Waals surface area contributed by atoms with Crippen LogP contribution in [0.1, 0.15) is 5.56 Å². The van der Waals surface area contributed by atoms with Gasteiger partial charge in [-0.3, -0.25) is 0 Å². The zero-order valence-electron chi connectivity index (χ0n) is 11.2. The third-order valence-electron chi connectivity index (χ3n) is 2.96. The largest absolute Gasteiger partial charge is 0.573 e. The monoisotopic (exact) mass is 322 g/mol. The molecule has 2 aromatic carbocycles. The highest BCUT2D eigenvalue weighted by molar-refractivity contribution is 5.76. The van der Waals surface area contributed by atoms with Crippen LogP contribution in [0.3, 0.4) is 0 Å². The third-order valence-corrected chi connectivity index (χ3v) is 2.96. The number of aromatic nitrogens is 3. The molecule has 0 unspecified atom stereocenters. The van der Waals surface area contributed by atoms with E-state index in [4.69, 9.17) is 5.26 Å². The Morgan fingerprint density at radius 1 is 1.17 bits per heavy atom. The molecule has 0 N–H and O–H groups in total. The normalized spacial score (nSPS) is 11.4. The molecule has 1 heterocycles. The van der Waals surface area contributed by atoms with Crippen molar-refractivity contribution in [3.05, 3.63) is 47.8 Å². The van der Waals surface area contributed by atoms with E-state index in [2.05, 4.69) is 15.0 Å². The van der Waals surface area contributed by atoms with E-state index in [1.165, 1.54) is 6.07 Å². The molecule has 0 spiro atoms. The first-order chi connectivity index (χ1) is 10.9. The van der Waals surface area contributed by atoms with Crippen LogP contribution in [0.25, 0.3) is 16.7 Å². The zero-order chi connectivity index (χ0) is 16.6. The number of hydrogen-bond donors (Lipinski definition) is 0. The van der Waals surface area contributed by atoms with Gasteiger partial charge in [0.15, 0.2) is 5.82 Å². The van der Waals surface area contributed by atoms with Gasteiger partial charge in [-0.25, -0.2) is 9.07 Å². The number of alkyl halides is 3. The van der Waals surface area contributed by atoms with Gasteiger partial charge in [0.2, 0.25) is 0 Å². The summed E-state index contributed by atoms with van der Waals surface area (Å²) in [5, 5.41) is 16.4. The Morgan fingerprint density at radius 3 is 2.61 bits per heavy atom. The lowest BCUT2D eigenvalue weighted by Gasteiger charge is -2.12. The second kappa shape index (κ2) is 5.24. The molecule has 0 fully saturated rings. The first-order valence-corrected chi connectivity index (χ1v) is 6.19. The van der Waals surface area contributed by atoms with Crippen molar-refractivity contribution in [2.24, 2.45) is 0 Å². The second-order valence-corrected chi connectivity index (χ2v) is 4.45. The molecule has 0 radical (unpaired) electrons. The lowest BCUT2D eigenvalue weighted by atomic mass is 10.2. The average Bonchev–Trinajstić information content (AvgIpc) is 2.91. The summed E-state index contributed by atoms with van der Waals surface area (Å²) in [6.07, 6.45) is -4.97. The summed E-state index contributed by atoms with van der Waals surface area (Å²) in [6, 6.07) is 9.47. The maximum atomic E-state index is 14.3. The third kappa shape index (κ3) is 2.78. The van der Waals surface area contributed by atoms with Gasteiger partial charge in [0.05, 0.1) is 11.1 Å². The Morgan fingerprint density at radius 2 is 1.91 bits per heavy atom. The highest BCUT2D eigenvalue weighted by Gasteiger charge is 2.32. The number of nitriles is 1. The van der Waals surface area contributed by atoms with Crippen LogP contribution in [-0.4, -0.2) is 21.4 Å². The molecule has 0 amide bonds. The van der Waals surface area contributed by atoms with Gasteiger partial charge in [0.25, 0.3) is 0 Å². The summed E-state index contributed by atoms with van der Waals surface area (Å²) in [6.45, 7) is 0. The molecule has 0 atom stereocenters. The van der Waals surface area contributed by atoms with Gasteiger partial charge >= 0.3 is 6.36 Å². The molecule has 23 heavy (non-hydrogen) atoms. The molecular formula is C14H6F4N4O. The van der Waals surface area contributed by atoms with Crippen molar-refractivity contribution in [1.29, 1.82) is 5.26 Å². The number of ether oxygens (including phenoxy) is 1. The van der Waals surface area contributed by atoms with Gasteiger partial charge in [0.1, 0.15) is 23.0 Å². The number of hydrogen-bond acceptors (Lipinski definition) is 4. The number of benzene rings is 2. The van der Waals surface area contributed by atoms with Crippen LogP contribution >= 0.6 is 0 Å². The highest BCUT2D eigenvalue weighted by Crippen LogP contribution is 2.29. The van der Waals surface area contributed by atoms with Crippen molar-refractivity contribution < 1.29 is 22.3 Å². The van der Waals surface area contributed by atoms with Gasteiger partial charge in [-0.05, 0) is 12.1 Å². The van der Waals surface area contributed by atoms with Crippen molar-refractivity contribution in [2.75, 3.05) is 0 Å². The van der Waals surface area contributed by atoms with E-state index in [0.717, 1.165) is 10.7 Å². The molecule has 3 aromatic rings. The molecular weight excluding hydrogens is 316 g/mol. The summed E-state index contributed by atoms with van der Waals surface area (Å²) in [5.74, 6) is -1.73. The fourth-order valence-electron chi connectivity index (χ4n) is 2.06. The number of fused-ring (bicyclic) bond motifs is 1. The van der Waals surface area contributed by atoms with Crippen LogP contribution in [0.2, 0.25) is 0 Å². The molecule has 3 rings (SSSR count). The Balaban J connectivity index is 2.22. The van der Waals surface area contributed by atoms with Crippen LogP contribution in [0.5, 0.6) is 5.75 Å².